The fourth-order valence-corrected chi connectivity index (χ4v) is 2.32. The number of hydrogen-bond donors (Lipinski definition) is 1. The van der Waals surface area contributed by atoms with E-state index >= 15 is 0 Å². The van der Waals surface area contributed by atoms with Crippen LogP contribution < -0.4 is 10.2 Å². The van der Waals surface area contributed by atoms with E-state index in [1.54, 1.807) is 30.6 Å². The van der Waals surface area contributed by atoms with Crippen LogP contribution in [0.2, 0.25) is 0 Å². The van der Waals surface area contributed by atoms with E-state index in [-0.39, 0.29) is 19.1 Å². The maximum Gasteiger partial charge on any atom is 0.247 e. The second-order valence-corrected chi connectivity index (χ2v) is 5.40. The largest absolute Gasteiger partial charge is 0.388 e. The van der Waals surface area contributed by atoms with Crippen molar-refractivity contribution in [3.8, 4) is 0 Å². The number of benzene rings is 1. The van der Waals surface area contributed by atoms with Crippen molar-refractivity contribution in [2.75, 3.05) is 5.32 Å². The van der Waals surface area contributed by atoms with Gasteiger partial charge in [0.2, 0.25) is 5.91 Å². The van der Waals surface area contributed by atoms with Crippen molar-refractivity contribution in [2.24, 2.45) is 0 Å². The Morgan fingerprint density at radius 1 is 1.08 bits per heavy atom. The molecule has 0 atom stereocenters. The average Bonchev–Trinajstić information content (AvgIpc) is 3.27. The number of anilines is 1. The zero-order chi connectivity index (χ0) is 17.8. The molecule has 10 nitrogen and oxygen atoms in total. The van der Waals surface area contributed by atoms with E-state index in [2.05, 4.69) is 30.9 Å². The molecule has 0 radical (unpaired) electrons. The van der Waals surface area contributed by atoms with Crippen LogP contribution >= 0.6 is 0 Å². The molecule has 0 fully saturated rings. The number of nitrogens with one attached hydrogen (secondary N) is 1. The van der Waals surface area contributed by atoms with Gasteiger partial charge in [-0.3, -0.25) is 4.79 Å². The number of amides is 1. The van der Waals surface area contributed by atoms with E-state index in [4.69, 9.17) is 4.84 Å². The Bertz CT molecular complexity index is 1030. The number of carbonyl (C=O) groups is 1. The van der Waals surface area contributed by atoms with Crippen LogP contribution in [0.15, 0.2) is 54.9 Å². The number of nitrogens with zero attached hydrogens (tertiary/aromatic N) is 7. The van der Waals surface area contributed by atoms with Gasteiger partial charge in [-0.15, -0.1) is 10.2 Å². The third kappa shape index (κ3) is 3.48. The van der Waals surface area contributed by atoms with E-state index in [1.165, 1.54) is 9.53 Å². The first-order valence-electron chi connectivity index (χ1n) is 7.81. The molecule has 3 aromatic heterocycles. The van der Waals surface area contributed by atoms with Gasteiger partial charge < -0.3 is 10.2 Å². The van der Waals surface area contributed by atoms with Crippen molar-refractivity contribution in [3.05, 3.63) is 60.6 Å². The van der Waals surface area contributed by atoms with Crippen LogP contribution in [0.1, 0.15) is 5.69 Å². The highest BCUT2D eigenvalue weighted by molar-refractivity contribution is 5.89. The fourth-order valence-electron chi connectivity index (χ4n) is 2.32. The molecule has 0 aliphatic carbocycles. The molecule has 1 N–H and O–H groups in total. The number of fused-ring (bicyclic) bond motifs is 1. The van der Waals surface area contributed by atoms with Crippen molar-refractivity contribution in [1.82, 2.24) is 35.1 Å². The van der Waals surface area contributed by atoms with Crippen molar-refractivity contribution < 1.29 is 9.63 Å². The molecule has 0 spiro atoms. The lowest BCUT2D eigenvalue weighted by atomic mass is 10.3. The molecule has 130 valence electrons. The number of para-hydroxylation sites is 1. The normalized spacial score (nSPS) is 10.8. The molecule has 0 aliphatic rings. The van der Waals surface area contributed by atoms with Crippen LogP contribution in [-0.4, -0.2) is 41.0 Å². The topological polar surface area (TPSA) is 113 Å². The fraction of sp³-hybridized carbons (Fsp3) is 0.125. The maximum absolute atomic E-state index is 12.0. The van der Waals surface area contributed by atoms with Crippen LogP contribution in [0.5, 0.6) is 0 Å². The third-order valence-corrected chi connectivity index (χ3v) is 3.48. The number of rotatable bonds is 6. The number of aromatic nitrogens is 7. The van der Waals surface area contributed by atoms with E-state index in [1.807, 2.05) is 24.3 Å². The summed E-state index contributed by atoms with van der Waals surface area (Å²) in [5.74, 6) is 0.238. The molecule has 26 heavy (non-hydrogen) atoms. The predicted octanol–water partition coefficient (Wildman–Crippen LogP) is 0.685. The van der Waals surface area contributed by atoms with Crippen molar-refractivity contribution in [3.63, 3.8) is 0 Å². The van der Waals surface area contributed by atoms with Gasteiger partial charge in [0.1, 0.15) is 29.1 Å². The standard InChI is InChI=1S/C16H14N8O2/c25-16(18-15-7-3-4-8-17-15)10-23-9-12(19-21-23)11-26-24-14-6-2-1-5-13(14)20-22-24/h1-9H,10-11H2,(H,17,18,25). The second kappa shape index (κ2) is 6.97. The third-order valence-electron chi connectivity index (χ3n) is 3.48. The van der Waals surface area contributed by atoms with Crippen LogP contribution in [0.3, 0.4) is 0 Å². The van der Waals surface area contributed by atoms with Gasteiger partial charge in [0.15, 0.2) is 6.61 Å². The van der Waals surface area contributed by atoms with Crippen LogP contribution in [0.25, 0.3) is 11.0 Å². The first-order valence-corrected chi connectivity index (χ1v) is 7.81. The lowest BCUT2D eigenvalue weighted by molar-refractivity contribution is -0.116. The number of carbonyl (C=O) groups excluding carboxylic acids is 1. The minimum atomic E-state index is -0.247. The van der Waals surface area contributed by atoms with E-state index in [0.717, 1.165) is 11.0 Å². The summed E-state index contributed by atoms with van der Waals surface area (Å²) in [4.78, 5) is 22.9. The Morgan fingerprint density at radius 2 is 1.96 bits per heavy atom. The number of pyridine rings is 1. The van der Waals surface area contributed by atoms with Crippen molar-refractivity contribution in [2.45, 2.75) is 13.2 Å². The van der Waals surface area contributed by atoms with Crippen LogP contribution in [0.4, 0.5) is 5.82 Å². The zero-order valence-corrected chi connectivity index (χ0v) is 13.6. The molecule has 10 heteroatoms. The average molecular weight is 350 g/mol. The van der Waals surface area contributed by atoms with Crippen molar-refractivity contribution >= 4 is 22.8 Å². The first-order chi connectivity index (χ1) is 12.8. The molecule has 0 bridgehead atoms. The van der Waals surface area contributed by atoms with Crippen molar-refractivity contribution in [1.29, 1.82) is 0 Å². The summed E-state index contributed by atoms with van der Waals surface area (Å²) in [5, 5.41) is 18.5. The van der Waals surface area contributed by atoms with E-state index in [0.29, 0.717) is 11.5 Å². The van der Waals surface area contributed by atoms with Gasteiger partial charge in [-0.05, 0) is 29.5 Å². The van der Waals surface area contributed by atoms with Gasteiger partial charge >= 0.3 is 0 Å². The van der Waals surface area contributed by atoms with Gasteiger partial charge in [0.05, 0.1) is 6.20 Å². The van der Waals surface area contributed by atoms with Gasteiger partial charge in [0, 0.05) is 6.20 Å². The minimum Gasteiger partial charge on any atom is -0.388 e. The van der Waals surface area contributed by atoms with Gasteiger partial charge in [-0.1, -0.05) is 28.3 Å². The molecule has 1 amide bonds. The van der Waals surface area contributed by atoms with Gasteiger partial charge in [-0.2, -0.15) is 0 Å². The Labute approximate surface area is 147 Å². The molecule has 0 aliphatic heterocycles. The van der Waals surface area contributed by atoms with E-state index in [9.17, 15) is 4.79 Å². The zero-order valence-electron chi connectivity index (χ0n) is 13.6. The summed E-state index contributed by atoms with van der Waals surface area (Å²) in [7, 11) is 0. The summed E-state index contributed by atoms with van der Waals surface area (Å²) in [5.41, 5.74) is 2.06. The summed E-state index contributed by atoms with van der Waals surface area (Å²) in [6.07, 6.45) is 3.24. The lowest BCUT2D eigenvalue weighted by Gasteiger charge is -2.03. The molecule has 0 unspecified atom stereocenters. The molecule has 4 aromatic rings. The highest BCUT2D eigenvalue weighted by Gasteiger charge is 2.09. The van der Waals surface area contributed by atoms with Gasteiger partial charge in [0.25, 0.3) is 0 Å². The molecule has 0 saturated carbocycles. The minimum absolute atomic E-state index is 0.0236. The van der Waals surface area contributed by atoms with Gasteiger partial charge in [-0.25, -0.2) is 9.67 Å². The molecule has 3 heterocycles. The smallest absolute Gasteiger partial charge is 0.247 e. The molecule has 4 rings (SSSR count). The quantitative estimate of drug-likeness (QED) is 0.544. The molecule has 1 aromatic carbocycles. The molecular weight excluding hydrogens is 336 g/mol. The Balaban J connectivity index is 1.35. The van der Waals surface area contributed by atoms with Crippen LogP contribution in [0, 0.1) is 0 Å². The second-order valence-electron chi connectivity index (χ2n) is 5.40. The summed E-state index contributed by atoms with van der Waals surface area (Å²) in [6.45, 7) is 0.172. The monoisotopic (exact) mass is 350 g/mol. The highest BCUT2D eigenvalue weighted by Crippen LogP contribution is 2.08. The Hall–Kier alpha value is -3.82. The highest BCUT2D eigenvalue weighted by atomic mass is 16.7. The van der Waals surface area contributed by atoms with E-state index < -0.39 is 0 Å². The number of hydrogen-bond acceptors (Lipinski definition) is 7. The molecule has 0 saturated heterocycles. The lowest BCUT2D eigenvalue weighted by Crippen LogP contribution is -2.19. The Kier molecular flexibility index (Phi) is 4.21. The molecular formula is C16H14N8O2. The first kappa shape index (κ1) is 15.7. The Morgan fingerprint density at radius 3 is 2.85 bits per heavy atom. The maximum atomic E-state index is 12.0. The predicted molar refractivity (Wildman–Crippen MR) is 90.7 cm³/mol. The SMILES string of the molecule is O=C(Cn1cc(COn2nnc3ccccc32)nn1)Nc1ccccn1. The summed E-state index contributed by atoms with van der Waals surface area (Å²) >= 11 is 0. The summed E-state index contributed by atoms with van der Waals surface area (Å²) in [6, 6.07) is 12.7. The van der Waals surface area contributed by atoms with Crippen LogP contribution in [-0.2, 0) is 17.9 Å². The summed E-state index contributed by atoms with van der Waals surface area (Å²) < 4.78 is 1.43.